The van der Waals surface area contributed by atoms with Gasteiger partial charge in [0.25, 0.3) is 5.91 Å². The number of nitrogens with one attached hydrogen (secondary N) is 1. The summed E-state index contributed by atoms with van der Waals surface area (Å²) in [5.41, 5.74) is 0.181. The molecule has 8 heteroatoms. The highest BCUT2D eigenvalue weighted by Crippen LogP contribution is 2.27. The van der Waals surface area contributed by atoms with E-state index < -0.39 is 24.1 Å². The zero-order valence-electron chi connectivity index (χ0n) is 10.3. The van der Waals surface area contributed by atoms with Crippen LogP contribution in [0.3, 0.4) is 0 Å². The maximum Gasteiger partial charge on any atom is 0.387 e. The molecule has 0 aliphatic rings. The standard InChI is InChI=1S/C12H10F3N3O2/c1-18-6-7(5-16-18)11(19)17-9-3-2-8(13)4-10(9)20-12(14)15/h2-6,12H,1H3,(H,17,19). The Balaban J connectivity index is 2.22. The SMILES string of the molecule is Cn1cc(C(=O)Nc2ccc(F)cc2OC(F)F)cn1. The van der Waals surface area contributed by atoms with Gasteiger partial charge < -0.3 is 10.1 Å². The first-order valence-corrected chi connectivity index (χ1v) is 5.50. The third-order valence-electron chi connectivity index (χ3n) is 2.37. The Morgan fingerprint density at radius 3 is 2.80 bits per heavy atom. The van der Waals surface area contributed by atoms with E-state index in [0.29, 0.717) is 0 Å². The van der Waals surface area contributed by atoms with Crippen molar-refractivity contribution in [2.75, 3.05) is 5.32 Å². The number of hydrogen-bond acceptors (Lipinski definition) is 3. The van der Waals surface area contributed by atoms with Crippen LogP contribution in [0.5, 0.6) is 5.75 Å². The van der Waals surface area contributed by atoms with Crippen LogP contribution in [0, 0.1) is 5.82 Å². The Morgan fingerprint density at radius 1 is 1.45 bits per heavy atom. The van der Waals surface area contributed by atoms with Crippen molar-refractivity contribution in [2.45, 2.75) is 6.61 Å². The lowest BCUT2D eigenvalue weighted by atomic mass is 10.2. The summed E-state index contributed by atoms with van der Waals surface area (Å²) in [6, 6.07) is 2.93. The van der Waals surface area contributed by atoms with Gasteiger partial charge in [0.05, 0.1) is 17.4 Å². The van der Waals surface area contributed by atoms with Crippen molar-refractivity contribution in [3.8, 4) is 5.75 Å². The third-order valence-corrected chi connectivity index (χ3v) is 2.37. The van der Waals surface area contributed by atoms with Gasteiger partial charge in [-0.3, -0.25) is 9.48 Å². The Morgan fingerprint density at radius 2 is 2.20 bits per heavy atom. The maximum absolute atomic E-state index is 13.0. The third kappa shape index (κ3) is 3.28. The number of ether oxygens (including phenoxy) is 1. The zero-order valence-corrected chi connectivity index (χ0v) is 10.3. The molecule has 1 heterocycles. The summed E-state index contributed by atoms with van der Waals surface area (Å²) < 4.78 is 43.0. The largest absolute Gasteiger partial charge is 0.432 e. The minimum atomic E-state index is -3.12. The molecular formula is C12H10F3N3O2. The minimum absolute atomic E-state index is 0.0550. The fraction of sp³-hybridized carbons (Fsp3) is 0.167. The molecule has 0 aliphatic heterocycles. The molecular weight excluding hydrogens is 275 g/mol. The fourth-order valence-corrected chi connectivity index (χ4v) is 1.53. The van der Waals surface area contributed by atoms with Crippen LogP contribution in [0.2, 0.25) is 0 Å². The Hall–Kier alpha value is -2.51. The second kappa shape index (κ2) is 5.64. The number of halogens is 3. The number of nitrogens with zero attached hydrogens (tertiary/aromatic N) is 2. The summed E-state index contributed by atoms with van der Waals surface area (Å²) in [5.74, 6) is -1.76. The van der Waals surface area contributed by atoms with E-state index in [2.05, 4.69) is 15.2 Å². The number of carbonyl (C=O) groups is 1. The molecule has 0 atom stereocenters. The second-order valence-electron chi connectivity index (χ2n) is 3.88. The van der Waals surface area contributed by atoms with Gasteiger partial charge in [-0.1, -0.05) is 0 Å². The molecule has 0 fully saturated rings. The number of alkyl halides is 2. The lowest BCUT2D eigenvalue weighted by Gasteiger charge is -2.11. The fourth-order valence-electron chi connectivity index (χ4n) is 1.53. The zero-order chi connectivity index (χ0) is 14.7. The second-order valence-corrected chi connectivity index (χ2v) is 3.88. The molecule has 0 saturated heterocycles. The summed E-state index contributed by atoms with van der Waals surface area (Å²) >= 11 is 0. The predicted molar refractivity (Wildman–Crippen MR) is 64.2 cm³/mol. The van der Waals surface area contributed by atoms with Crippen molar-refractivity contribution in [3.05, 3.63) is 42.0 Å². The molecule has 20 heavy (non-hydrogen) atoms. The number of aryl methyl sites for hydroxylation is 1. The molecule has 2 rings (SSSR count). The average molecular weight is 285 g/mol. The highest BCUT2D eigenvalue weighted by molar-refractivity contribution is 6.04. The van der Waals surface area contributed by atoms with Gasteiger partial charge in [-0.2, -0.15) is 13.9 Å². The Kier molecular flexibility index (Phi) is 3.92. The number of amides is 1. The van der Waals surface area contributed by atoms with E-state index in [1.54, 1.807) is 7.05 Å². The van der Waals surface area contributed by atoms with Crippen LogP contribution in [0.25, 0.3) is 0 Å². The van der Waals surface area contributed by atoms with Gasteiger partial charge in [0.1, 0.15) is 5.82 Å². The molecule has 2 aromatic rings. The van der Waals surface area contributed by atoms with Gasteiger partial charge in [-0.25, -0.2) is 4.39 Å². The molecule has 0 bridgehead atoms. The summed E-state index contributed by atoms with van der Waals surface area (Å²) in [5, 5.41) is 6.16. The predicted octanol–water partition coefficient (Wildman–Crippen LogP) is 2.41. The first kappa shape index (κ1) is 13.9. The van der Waals surface area contributed by atoms with Crippen molar-refractivity contribution >= 4 is 11.6 Å². The van der Waals surface area contributed by atoms with Crippen molar-refractivity contribution in [3.63, 3.8) is 0 Å². The van der Waals surface area contributed by atoms with Gasteiger partial charge in [-0.15, -0.1) is 0 Å². The van der Waals surface area contributed by atoms with Crippen LogP contribution in [-0.4, -0.2) is 22.3 Å². The van der Waals surface area contributed by atoms with E-state index in [1.807, 2.05) is 0 Å². The maximum atomic E-state index is 13.0. The minimum Gasteiger partial charge on any atom is -0.432 e. The Labute approximate surface area is 112 Å². The van der Waals surface area contributed by atoms with Crippen molar-refractivity contribution in [2.24, 2.45) is 7.05 Å². The molecule has 106 valence electrons. The van der Waals surface area contributed by atoms with Gasteiger partial charge in [0.2, 0.25) is 0 Å². The molecule has 1 aromatic heterocycles. The molecule has 1 amide bonds. The van der Waals surface area contributed by atoms with Crippen LogP contribution < -0.4 is 10.1 Å². The first-order chi connectivity index (χ1) is 9.45. The number of benzene rings is 1. The summed E-state index contributed by atoms with van der Waals surface area (Å²) in [7, 11) is 1.63. The molecule has 0 unspecified atom stereocenters. The van der Waals surface area contributed by atoms with E-state index >= 15 is 0 Å². The molecule has 0 spiro atoms. The van der Waals surface area contributed by atoms with Gasteiger partial charge in [0.15, 0.2) is 5.75 Å². The number of carbonyl (C=O) groups excluding carboxylic acids is 1. The average Bonchev–Trinajstić information content (AvgIpc) is 2.78. The summed E-state index contributed by atoms with van der Waals surface area (Å²) in [4.78, 5) is 11.8. The Bertz CT molecular complexity index is 628. The van der Waals surface area contributed by atoms with Crippen molar-refractivity contribution in [1.29, 1.82) is 0 Å². The highest BCUT2D eigenvalue weighted by atomic mass is 19.3. The number of hydrogen-bond donors (Lipinski definition) is 1. The number of rotatable bonds is 4. The highest BCUT2D eigenvalue weighted by Gasteiger charge is 2.15. The molecule has 0 radical (unpaired) electrons. The van der Waals surface area contributed by atoms with Crippen LogP contribution >= 0.6 is 0 Å². The lowest BCUT2D eigenvalue weighted by molar-refractivity contribution is -0.0495. The summed E-state index contributed by atoms with van der Waals surface area (Å²) in [6.45, 7) is -3.12. The molecule has 0 saturated carbocycles. The lowest BCUT2D eigenvalue weighted by Crippen LogP contribution is -2.13. The van der Waals surface area contributed by atoms with Crippen LogP contribution in [0.4, 0.5) is 18.9 Å². The van der Waals surface area contributed by atoms with E-state index in [-0.39, 0.29) is 11.3 Å². The van der Waals surface area contributed by atoms with Crippen molar-refractivity contribution < 1.29 is 22.7 Å². The molecule has 0 aliphatic carbocycles. The molecule has 1 aromatic carbocycles. The van der Waals surface area contributed by atoms with E-state index in [9.17, 15) is 18.0 Å². The van der Waals surface area contributed by atoms with Gasteiger partial charge in [0, 0.05) is 19.3 Å². The van der Waals surface area contributed by atoms with Crippen LogP contribution in [0.15, 0.2) is 30.6 Å². The first-order valence-electron chi connectivity index (χ1n) is 5.50. The summed E-state index contributed by atoms with van der Waals surface area (Å²) in [6.07, 6.45) is 2.76. The van der Waals surface area contributed by atoms with Gasteiger partial charge in [-0.05, 0) is 12.1 Å². The van der Waals surface area contributed by atoms with Crippen molar-refractivity contribution in [1.82, 2.24) is 9.78 Å². The number of aromatic nitrogens is 2. The van der Waals surface area contributed by atoms with E-state index in [4.69, 9.17) is 0 Å². The number of anilines is 1. The van der Waals surface area contributed by atoms with E-state index in [0.717, 1.165) is 18.2 Å². The van der Waals surface area contributed by atoms with Crippen LogP contribution in [0.1, 0.15) is 10.4 Å². The van der Waals surface area contributed by atoms with E-state index in [1.165, 1.54) is 17.1 Å². The normalized spacial score (nSPS) is 10.7. The smallest absolute Gasteiger partial charge is 0.387 e. The monoisotopic (exact) mass is 285 g/mol. The topological polar surface area (TPSA) is 56.2 Å². The van der Waals surface area contributed by atoms with Crippen LogP contribution in [-0.2, 0) is 7.05 Å². The quantitative estimate of drug-likeness (QED) is 0.938. The molecule has 5 nitrogen and oxygen atoms in total. The molecule has 1 N–H and O–H groups in total. The van der Waals surface area contributed by atoms with Gasteiger partial charge >= 0.3 is 6.61 Å².